The molecule has 39 heavy (non-hydrogen) atoms. The lowest BCUT2D eigenvalue weighted by Gasteiger charge is -2.29. The number of ether oxygens (including phenoxy) is 2. The molecule has 0 radical (unpaired) electrons. The van der Waals surface area contributed by atoms with Gasteiger partial charge in [-0.3, -0.25) is 9.48 Å². The highest BCUT2D eigenvalue weighted by Crippen LogP contribution is 2.41. The van der Waals surface area contributed by atoms with Crippen LogP contribution in [0.15, 0.2) is 24.4 Å². The van der Waals surface area contributed by atoms with Gasteiger partial charge in [0.15, 0.2) is 0 Å². The van der Waals surface area contributed by atoms with E-state index in [1.165, 1.54) is 5.69 Å². The number of aromatic nitrogens is 4. The maximum atomic E-state index is 12.9. The van der Waals surface area contributed by atoms with Crippen LogP contribution < -0.4 is 15.4 Å². The first-order chi connectivity index (χ1) is 19.0. The van der Waals surface area contributed by atoms with Crippen molar-refractivity contribution in [1.82, 2.24) is 30.0 Å². The molecule has 0 atom stereocenters. The van der Waals surface area contributed by atoms with Gasteiger partial charge in [-0.2, -0.15) is 5.10 Å². The molecule has 2 aliphatic heterocycles. The fourth-order valence-electron chi connectivity index (χ4n) is 6.06. The number of piperidine rings is 1. The van der Waals surface area contributed by atoms with E-state index in [1.807, 2.05) is 30.1 Å². The number of anilines is 2. The summed E-state index contributed by atoms with van der Waals surface area (Å²) in [4.78, 5) is 24.8. The average Bonchev–Trinajstić information content (AvgIpc) is 3.31. The molecule has 10 nitrogen and oxygen atoms in total. The zero-order valence-corrected chi connectivity index (χ0v) is 23.0. The van der Waals surface area contributed by atoms with E-state index in [9.17, 15) is 4.79 Å². The number of hydrogen-bond acceptors (Lipinski definition) is 8. The summed E-state index contributed by atoms with van der Waals surface area (Å²) in [5.74, 6) is 1.39. The van der Waals surface area contributed by atoms with Gasteiger partial charge < -0.3 is 25.0 Å². The molecule has 2 saturated heterocycles. The molecule has 3 aliphatic rings. The first kappa shape index (κ1) is 25.8. The highest BCUT2D eigenvalue weighted by molar-refractivity contribution is 5.95. The summed E-state index contributed by atoms with van der Waals surface area (Å²) < 4.78 is 13.3. The van der Waals surface area contributed by atoms with Crippen molar-refractivity contribution in [2.45, 2.75) is 50.5 Å². The fraction of sp³-hybridized carbons (Fsp3) is 0.517. The van der Waals surface area contributed by atoms with Gasteiger partial charge in [-0.05, 0) is 82.4 Å². The number of methoxy groups -OCH3 is 1. The minimum absolute atomic E-state index is 0.0795. The molecule has 0 spiro atoms. The summed E-state index contributed by atoms with van der Waals surface area (Å²) in [5.41, 5.74) is 6.89. The Hall–Kier alpha value is -3.50. The third-order valence-electron chi connectivity index (χ3n) is 8.27. The van der Waals surface area contributed by atoms with Gasteiger partial charge in [-0.1, -0.05) is 0 Å². The molecule has 206 valence electrons. The summed E-state index contributed by atoms with van der Waals surface area (Å²) >= 11 is 0. The zero-order chi connectivity index (χ0) is 26.9. The third kappa shape index (κ3) is 5.23. The van der Waals surface area contributed by atoms with Gasteiger partial charge in [-0.15, -0.1) is 0 Å². The maximum absolute atomic E-state index is 12.9. The number of hydrogen-bond donors (Lipinski definition) is 2. The molecular formula is C29H37N7O3. The van der Waals surface area contributed by atoms with E-state index in [4.69, 9.17) is 19.6 Å². The Morgan fingerprint density at radius 3 is 2.67 bits per heavy atom. The minimum Gasteiger partial charge on any atom is -0.495 e. The predicted molar refractivity (Wildman–Crippen MR) is 149 cm³/mol. The molecule has 1 aliphatic carbocycles. The van der Waals surface area contributed by atoms with Crippen molar-refractivity contribution in [3.05, 3.63) is 46.9 Å². The summed E-state index contributed by atoms with van der Waals surface area (Å²) in [6.07, 6.45) is 7.60. The Balaban J connectivity index is 1.24. The molecule has 3 aromatic rings. The molecular weight excluding hydrogens is 494 g/mol. The Kier molecular flexibility index (Phi) is 7.22. The van der Waals surface area contributed by atoms with E-state index in [1.54, 1.807) is 13.2 Å². The van der Waals surface area contributed by atoms with Crippen LogP contribution in [0.4, 0.5) is 11.6 Å². The van der Waals surface area contributed by atoms with Gasteiger partial charge in [0.1, 0.15) is 5.75 Å². The standard InChI is InChI=1S/C29H37N7O3/c1-35-12-8-21(9-13-35)31-28(37)19-4-6-22(24(16-19)38-3)32-29-30-17-20-5-7-23-25(26(20)33-29)27(36(2)34-23)18-10-14-39-15-11-18/h4,6,16-18,21H,5,7-15H2,1-3H3,(H,31,37)(H,30,32,33). The van der Waals surface area contributed by atoms with Gasteiger partial charge >= 0.3 is 0 Å². The van der Waals surface area contributed by atoms with Gasteiger partial charge in [0.2, 0.25) is 5.95 Å². The lowest BCUT2D eigenvalue weighted by molar-refractivity contribution is 0.0838. The number of nitrogens with one attached hydrogen (secondary N) is 2. The average molecular weight is 532 g/mol. The molecule has 2 N–H and O–H groups in total. The van der Waals surface area contributed by atoms with Crippen molar-refractivity contribution in [2.75, 3.05) is 45.8 Å². The van der Waals surface area contributed by atoms with Gasteiger partial charge in [0, 0.05) is 49.5 Å². The lowest BCUT2D eigenvalue weighted by atomic mass is 9.87. The number of rotatable bonds is 6. The molecule has 6 rings (SSSR count). The van der Waals surface area contributed by atoms with Crippen molar-refractivity contribution >= 4 is 17.5 Å². The minimum atomic E-state index is -0.0795. The van der Waals surface area contributed by atoms with Crippen molar-refractivity contribution < 1.29 is 14.3 Å². The molecule has 2 aromatic heterocycles. The maximum Gasteiger partial charge on any atom is 0.251 e. The van der Waals surface area contributed by atoms with Crippen LogP contribution in [-0.4, -0.2) is 77.1 Å². The zero-order valence-electron chi connectivity index (χ0n) is 23.0. The first-order valence-corrected chi connectivity index (χ1v) is 13.9. The number of amides is 1. The SMILES string of the molecule is COc1cc(C(=O)NC2CCN(C)CC2)ccc1Nc1ncc2c(n1)-c1c(nn(C)c1C1CCOCC1)CC2. The van der Waals surface area contributed by atoms with Gasteiger partial charge in [0.25, 0.3) is 5.91 Å². The molecule has 0 bridgehead atoms. The fourth-order valence-corrected chi connectivity index (χ4v) is 6.06. The Bertz CT molecular complexity index is 1360. The van der Waals surface area contributed by atoms with E-state index in [2.05, 4.69) is 27.6 Å². The Morgan fingerprint density at radius 2 is 1.90 bits per heavy atom. The normalized spacial score (nSPS) is 18.3. The number of carbonyl (C=O) groups is 1. The second-order valence-corrected chi connectivity index (χ2v) is 10.9. The highest BCUT2D eigenvalue weighted by Gasteiger charge is 2.31. The number of fused-ring (bicyclic) bond motifs is 3. The highest BCUT2D eigenvalue weighted by atomic mass is 16.5. The monoisotopic (exact) mass is 531 g/mol. The van der Waals surface area contributed by atoms with Gasteiger partial charge in [-0.25, -0.2) is 9.97 Å². The largest absolute Gasteiger partial charge is 0.495 e. The summed E-state index contributed by atoms with van der Waals surface area (Å²) in [6.45, 7) is 3.55. The molecule has 0 unspecified atom stereocenters. The van der Waals surface area contributed by atoms with E-state index in [0.29, 0.717) is 28.9 Å². The van der Waals surface area contributed by atoms with E-state index >= 15 is 0 Å². The van der Waals surface area contributed by atoms with Crippen LogP contribution in [-0.2, 0) is 24.6 Å². The second kappa shape index (κ2) is 10.9. The molecule has 2 fully saturated rings. The number of aryl methyl sites for hydroxylation is 3. The van der Waals surface area contributed by atoms with Crippen LogP contribution >= 0.6 is 0 Å². The van der Waals surface area contributed by atoms with Crippen molar-refractivity contribution in [3.8, 4) is 17.0 Å². The number of nitrogens with zero attached hydrogens (tertiary/aromatic N) is 5. The number of carbonyl (C=O) groups excluding carboxylic acids is 1. The van der Waals surface area contributed by atoms with Crippen LogP contribution in [0, 0.1) is 0 Å². The first-order valence-electron chi connectivity index (χ1n) is 13.9. The van der Waals surface area contributed by atoms with E-state index < -0.39 is 0 Å². The quantitative estimate of drug-likeness (QED) is 0.498. The predicted octanol–water partition coefficient (Wildman–Crippen LogP) is 3.45. The second-order valence-electron chi connectivity index (χ2n) is 10.9. The van der Waals surface area contributed by atoms with Crippen LogP contribution in [0.1, 0.15) is 58.9 Å². The lowest BCUT2D eigenvalue weighted by Crippen LogP contribution is -2.43. The van der Waals surface area contributed by atoms with Crippen LogP contribution in [0.3, 0.4) is 0 Å². The Morgan fingerprint density at radius 1 is 1.10 bits per heavy atom. The van der Waals surface area contributed by atoms with E-state index in [-0.39, 0.29) is 11.9 Å². The summed E-state index contributed by atoms with van der Waals surface area (Å²) in [7, 11) is 5.76. The van der Waals surface area contributed by atoms with Crippen molar-refractivity contribution in [2.24, 2.45) is 7.05 Å². The van der Waals surface area contributed by atoms with Crippen molar-refractivity contribution in [3.63, 3.8) is 0 Å². The summed E-state index contributed by atoms with van der Waals surface area (Å²) in [5, 5.41) is 11.4. The number of benzene rings is 1. The topological polar surface area (TPSA) is 106 Å². The summed E-state index contributed by atoms with van der Waals surface area (Å²) in [6, 6.07) is 5.64. The van der Waals surface area contributed by atoms with Gasteiger partial charge in [0.05, 0.1) is 29.9 Å². The molecule has 1 amide bonds. The third-order valence-corrected chi connectivity index (χ3v) is 8.27. The smallest absolute Gasteiger partial charge is 0.251 e. The van der Waals surface area contributed by atoms with E-state index in [0.717, 1.165) is 87.3 Å². The Labute approximate surface area is 229 Å². The van der Waals surface area contributed by atoms with Crippen LogP contribution in [0.25, 0.3) is 11.3 Å². The van der Waals surface area contributed by atoms with Crippen molar-refractivity contribution in [1.29, 1.82) is 0 Å². The molecule has 0 saturated carbocycles. The molecule has 10 heteroatoms. The molecule has 4 heterocycles. The van der Waals surface area contributed by atoms with Crippen LogP contribution in [0.5, 0.6) is 5.75 Å². The van der Waals surface area contributed by atoms with Crippen LogP contribution in [0.2, 0.25) is 0 Å². The number of likely N-dealkylation sites (tertiary alicyclic amines) is 1. The molecule has 1 aromatic carbocycles.